The Balaban J connectivity index is 1.74. The zero-order chi connectivity index (χ0) is 15.9. The van der Waals surface area contributed by atoms with E-state index >= 15 is 0 Å². The average Bonchev–Trinajstić information content (AvgIpc) is 2.50. The van der Waals surface area contributed by atoms with Gasteiger partial charge in [0.2, 0.25) is 11.8 Å². The van der Waals surface area contributed by atoms with Crippen molar-refractivity contribution in [3.8, 4) is 0 Å². The van der Waals surface area contributed by atoms with Gasteiger partial charge < -0.3 is 10.6 Å². The standard InChI is InChI=1S/C16H22FN3O2/c1-2-18-16(22)12-7-9-20(10-8-12)11-15(21)19-14-5-3-13(17)4-6-14/h3-6,12H,2,7-11H2,1H3,(H,18,22)(H,19,21). The van der Waals surface area contributed by atoms with Gasteiger partial charge in [0, 0.05) is 18.2 Å². The molecule has 0 aromatic heterocycles. The first-order valence-electron chi connectivity index (χ1n) is 7.64. The van der Waals surface area contributed by atoms with Gasteiger partial charge in [-0.3, -0.25) is 14.5 Å². The van der Waals surface area contributed by atoms with Crippen molar-refractivity contribution >= 4 is 17.5 Å². The molecule has 2 N–H and O–H groups in total. The van der Waals surface area contributed by atoms with Crippen molar-refractivity contribution in [2.24, 2.45) is 5.92 Å². The Morgan fingerprint density at radius 3 is 2.45 bits per heavy atom. The minimum atomic E-state index is -0.328. The topological polar surface area (TPSA) is 61.4 Å². The van der Waals surface area contributed by atoms with Gasteiger partial charge in [-0.2, -0.15) is 0 Å². The number of benzene rings is 1. The molecular formula is C16H22FN3O2. The number of halogens is 1. The molecule has 2 rings (SSSR count). The second-order valence-corrected chi connectivity index (χ2v) is 5.50. The summed E-state index contributed by atoms with van der Waals surface area (Å²) in [5.41, 5.74) is 0.587. The fourth-order valence-electron chi connectivity index (χ4n) is 2.61. The minimum Gasteiger partial charge on any atom is -0.356 e. The lowest BCUT2D eigenvalue weighted by Gasteiger charge is -2.30. The molecule has 1 aliphatic heterocycles. The number of carbonyl (C=O) groups is 2. The van der Waals surface area contributed by atoms with E-state index in [1.165, 1.54) is 24.3 Å². The number of nitrogens with zero attached hydrogens (tertiary/aromatic N) is 1. The van der Waals surface area contributed by atoms with E-state index in [-0.39, 0.29) is 23.5 Å². The summed E-state index contributed by atoms with van der Waals surface area (Å²) in [5, 5.41) is 5.58. The Labute approximate surface area is 129 Å². The third kappa shape index (κ3) is 4.80. The lowest BCUT2D eigenvalue weighted by Crippen LogP contribution is -2.43. The van der Waals surface area contributed by atoms with E-state index in [0.717, 1.165) is 25.9 Å². The van der Waals surface area contributed by atoms with E-state index in [9.17, 15) is 14.0 Å². The summed E-state index contributed by atoms with van der Waals surface area (Å²) in [6, 6.07) is 5.70. The fraction of sp³-hybridized carbons (Fsp3) is 0.500. The second-order valence-electron chi connectivity index (χ2n) is 5.50. The largest absolute Gasteiger partial charge is 0.356 e. The Bertz CT molecular complexity index is 511. The number of amides is 2. The van der Waals surface area contributed by atoms with Gasteiger partial charge in [-0.15, -0.1) is 0 Å². The average molecular weight is 307 g/mol. The number of nitrogens with one attached hydrogen (secondary N) is 2. The van der Waals surface area contributed by atoms with Crippen LogP contribution < -0.4 is 10.6 Å². The minimum absolute atomic E-state index is 0.0522. The van der Waals surface area contributed by atoms with Crippen LogP contribution in [0, 0.1) is 11.7 Å². The smallest absolute Gasteiger partial charge is 0.238 e. The molecule has 1 aromatic rings. The number of hydrogen-bond donors (Lipinski definition) is 2. The van der Waals surface area contributed by atoms with E-state index < -0.39 is 0 Å². The van der Waals surface area contributed by atoms with E-state index in [4.69, 9.17) is 0 Å². The number of piperidine rings is 1. The van der Waals surface area contributed by atoms with E-state index in [1.807, 2.05) is 11.8 Å². The van der Waals surface area contributed by atoms with Crippen LogP contribution in [0.3, 0.4) is 0 Å². The molecule has 0 aliphatic carbocycles. The molecule has 6 heteroatoms. The highest BCUT2D eigenvalue weighted by atomic mass is 19.1. The Kier molecular flexibility index (Phi) is 5.89. The molecule has 0 unspecified atom stereocenters. The summed E-state index contributed by atoms with van der Waals surface area (Å²) in [6.07, 6.45) is 1.55. The molecule has 0 spiro atoms. The maximum absolute atomic E-state index is 12.8. The second kappa shape index (κ2) is 7.89. The molecular weight excluding hydrogens is 285 g/mol. The lowest BCUT2D eigenvalue weighted by molar-refractivity contribution is -0.126. The van der Waals surface area contributed by atoms with Gasteiger partial charge in [0.15, 0.2) is 0 Å². The van der Waals surface area contributed by atoms with Crippen molar-refractivity contribution in [3.05, 3.63) is 30.1 Å². The van der Waals surface area contributed by atoms with Gasteiger partial charge >= 0.3 is 0 Å². The fourth-order valence-corrected chi connectivity index (χ4v) is 2.61. The van der Waals surface area contributed by atoms with Crippen LogP contribution in [-0.4, -0.2) is 42.9 Å². The van der Waals surface area contributed by atoms with Crippen molar-refractivity contribution < 1.29 is 14.0 Å². The molecule has 1 fully saturated rings. The first kappa shape index (κ1) is 16.4. The van der Waals surface area contributed by atoms with Gasteiger partial charge in [-0.25, -0.2) is 4.39 Å². The molecule has 1 heterocycles. The zero-order valence-electron chi connectivity index (χ0n) is 12.8. The van der Waals surface area contributed by atoms with Crippen LogP contribution in [0.4, 0.5) is 10.1 Å². The summed E-state index contributed by atoms with van der Waals surface area (Å²) in [7, 11) is 0. The summed E-state index contributed by atoms with van der Waals surface area (Å²) in [4.78, 5) is 25.8. The highest BCUT2D eigenvalue weighted by Crippen LogP contribution is 2.17. The van der Waals surface area contributed by atoms with Crippen LogP contribution in [0.25, 0.3) is 0 Å². The monoisotopic (exact) mass is 307 g/mol. The Hall–Kier alpha value is -1.95. The normalized spacial score (nSPS) is 16.3. The van der Waals surface area contributed by atoms with Gasteiger partial charge in [-0.05, 0) is 57.1 Å². The maximum atomic E-state index is 12.8. The van der Waals surface area contributed by atoms with E-state index in [2.05, 4.69) is 10.6 Å². The first-order chi connectivity index (χ1) is 10.6. The summed E-state index contributed by atoms with van der Waals surface area (Å²) in [5.74, 6) is -0.289. The van der Waals surface area contributed by atoms with Crippen molar-refractivity contribution in [1.29, 1.82) is 0 Å². The number of hydrogen-bond acceptors (Lipinski definition) is 3. The molecule has 0 saturated carbocycles. The van der Waals surface area contributed by atoms with Crippen LogP contribution in [0.1, 0.15) is 19.8 Å². The number of rotatable bonds is 5. The summed E-state index contributed by atoms with van der Waals surface area (Å²) >= 11 is 0. The molecule has 0 radical (unpaired) electrons. The third-order valence-corrected chi connectivity index (χ3v) is 3.80. The van der Waals surface area contributed by atoms with Crippen molar-refractivity contribution in [1.82, 2.24) is 10.2 Å². The third-order valence-electron chi connectivity index (χ3n) is 3.80. The predicted molar refractivity (Wildman–Crippen MR) is 82.9 cm³/mol. The van der Waals surface area contributed by atoms with Crippen LogP contribution >= 0.6 is 0 Å². The first-order valence-corrected chi connectivity index (χ1v) is 7.64. The van der Waals surface area contributed by atoms with E-state index in [0.29, 0.717) is 18.8 Å². The summed E-state index contributed by atoms with van der Waals surface area (Å²) < 4.78 is 12.8. The van der Waals surface area contributed by atoms with Gasteiger partial charge in [0.25, 0.3) is 0 Å². The van der Waals surface area contributed by atoms with E-state index in [1.54, 1.807) is 0 Å². The molecule has 0 atom stereocenters. The number of anilines is 1. The Morgan fingerprint density at radius 2 is 1.86 bits per heavy atom. The van der Waals surface area contributed by atoms with Crippen LogP contribution in [0.5, 0.6) is 0 Å². The molecule has 1 aromatic carbocycles. The molecule has 5 nitrogen and oxygen atoms in total. The quantitative estimate of drug-likeness (QED) is 0.869. The number of carbonyl (C=O) groups excluding carboxylic acids is 2. The van der Waals surface area contributed by atoms with Crippen molar-refractivity contribution in [2.45, 2.75) is 19.8 Å². The van der Waals surface area contributed by atoms with Gasteiger partial charge in [-0.1, -0.05) is 0 Å². The highest BCUT2D eigenvalue weighted by molar-refractivity contribution is 5.92. The SMILES string of the molecule is CCNC(=O)C1CCN(CC(=O)Nc2ccc(F)cc2)CC1. The molecule has 2 amide bonds. The zero-order valence-corrected chi connectivity index (χ0v) is 12.8. The molecule has 1 aliphatic rings. The maximum Gasteiger partial charge on any atom is 0.238 e. The van der Waals surface area contributed by atoms with Gasteiger partial charge in [0.1, 0.15) is 5.82 Å². The van der Waals surface area contributed by atoms with Crippen LogP contribution in [0.2, 0.25) is 0 Å². The highest BCUT2D eigenvalue weighted by Gasteiger charge is 2.25. The van der Waals surface area contributed by atoms with Crippen molar-refractivity contribution in [2.75, 3.05) is 31.5 Å². The summed E-state index contributed by atoms with van der Waals surface area (Å²) in [6.45, 7) is 4.32. The van der Waals surface area contributed by atoms with Crippen molar-refractivity contribution in [3.63, 3.8) is 0 Å². The van der Waals surface area contributed by atoms with Crippen LogP contribution in [0.15, 0.2) is 24.3 Å². The Morgan fingerprint density at radius 1 is 1.23 bits per heavy atom. The molecule has 0 bridgehead atoms. The van der Waals surface area contributed by atoms with Crippen LogP contribution in [-0.2, 0) is 9.59 Å². The molecule has 22 heavy (non-hydrogen) atoms. The molecule has 120 valence electrons. The predicted octanol–water partition coefficient (Wildman–Crippen LogP) is 1.61. The van der Waals surface area contributed by atoms with Gasteiger partial charge in [0.05, 0.1) is 6.54 Å². The lowest BCUT2D eigenvalue weighted by atomic mass is 9.96. The number of likely N-dealkylation sites (tertiary alicyclic amines) is 1. The molecule has 1 saturated heterocycles.